The summed E-state index contributed by atoms with van der Waals surface area (Å²) in [6.07, 6.45) is 0. The SMILES string of the molecule is COc1cc(C(=O)Nc2n[nH]c(C(C)C)n2)cc(OC)c1OC. The van der Waals surface area contributed by atoms with Gasteiger partial charge in [0.1, 0.15) is 5.82 Å². The number of methoxy groups -OCH3 is 3. The smallest absolute Gasteiger partial charge is 0.258 e. The van der Waals surface area contributed by atoms with Crippen molar-refractivity contribution in [2.45, 2.75) is 19.8 Å². The van der Waals surface area contributed by atoms with Gasteiger partial charge in [0.05, 0.1) is 21.3 Å². The lowest BCUT2D eigenvalue weighted by Crippen LogP contribution is -2.13. The topological polar surface area (TPSA) is 98.4 Å². The number of hydrogen-bond donors (Lipinski definition) is 2. The van der Waals surface area contributed by atoms with Crippen LogP contribution in [0.15, 0.2) is 12.1 Å². The number of benzene rings is 1. The van der Waals surface area contributed by atoms with Crippen molar-refractivity contribution in [3.63, 3.8) is 0 Å². The number of hydrogen-bond acceptors (Lipinski definition) is 6. The van der Waals surface area contributed by atoms with Crippen molar-refractivity contribution in [2.24, 2.45) is 0 Å². The summed E-state index contributed by atoms with van der Waals surface area (Å²) in [6.45, 7) is 3.95. The molecule has 0 aliphatic heterocycles. The largest absolute Gasteiger partial charge is 0.493 e. The summed E-state index contributed by atoms with van der Waals surface area (Å²) < 4.78 is 15.7. The van der Waals surface area contributed by atoms with Gasteiger partial charge in [-0.25, -0.2) is 0 Å². The first-order valence-electron chi connectivity index (χ1n) is 7.03. The van der Waals surface area contributed by atoms with Gasteiger partial charge in [0.25, 0.3) is 5.91 Å². The maximum Gasteiger partial charge on any atom is 0.258 e. The van der Waals surface area contributed by atoms with Crippen molar-refractivity contribution in [2.75, 3.05) is 26.6 Å². The molecule has 23 heavy (non-hydrogen) atoms. The summed E-state index contributed by atoms with van der Waals surface area (Å²) >= 11 is 0. The van der Waals surface area contributed by atoms with Crippen LogP contribution in [0.1, 0.15) is 35.9 Å². The number of nitrogens with one attached hydrogen (secondary N) is 2. The van der Waals surface area contributed by atoms with Crippen LogP contribution in [0.25, 0.3) is 0 Å². The summed E-state index contributed by atoms with van der Waals surface area (Å²) in [5.74, 6) is 1.95. The third-order valence-electron chi connectivity index (χ3n) is 3.20. The monoisotopic (exact) mass is 320 g/mol. The van der Waals surface area contributed by atoms with E-state index in [4.69, 9.17) is 14.2 Å². The van der Waals surface area contributed by atoms with Crippen LogP contribution in [-0.4, -0.2) is 42.4 Å². The molecular formula is C15H20N4O4. The third-order valence-corrected chi connectivity index (χ3v) is 3.20. The van der Waals surface area contributed by atoms with Crippen molar-refractivity contribution < 1.29 is 19.0 Å². The normalized spacial score (nSPS) is 10.5. The highest BCUT2D eigenvalue weighted by Crippen LogP contribution is 2.38. The van der Waals surface area contributed by atoms with Crippen LogP contribution < -0.4 is 19.5 Å². The molecule has 1 aromatic heterocycles. The van der Waals surface area contributed by atoms with E-state index in [2.05, 4.69) is 20.5 Å². The molecule has 0 radical (unpaired) electrons. The second kappa shape index (κ2) is 6.99. The van der Waals surface area contributed by atoms with Gasteiger partial charge >= 0.3 is 0 Å². The summed E-state index contributed by atoms with van der Waals surface area (Å²) in [5, 5.41) is 9.38. The Labute approximate surface area is 134 Å². The Morgan fingerprint density at radius 1 is 1.13 bits per heavy atom. The molecule has 1 amide bonds. The van der Waals surface area contributed by atoms with E-state index < -0.39 is 0 Å². The number of rotatable bonds is 6. The van der Waals surface area contributed by atoms with Crippen LogP contribution in [0.3, 0.4) is 0 Å². The van der Waals surface area contributed by atoms with E-state index in [1.54, 1.807) is 12.1 Å². The Morgan fingerprint density at radius 3 is 2.17 bits per heavy atom. The molecule has 0 spiro atoms. The van der Waals surface area contributed by atoms with E-state index in [0.29, 0.717) is 28.6 Å². The molecule has 124 valence electrons. The summed E-state index contributed by atoms with van der Waals surface area (Å²) in [4.78, 5) is 16.6. The summed E-state index contributed by atoms with van der Waals surface area (Å²) in [6, 6.07) is 3.12. The fourth-order valence-corrected chi connectivity index (χ4v) is 1.97. The molecule has 2 rings (SSSR count). The van der Waals surface area contributed by atoms with E-state index in [0.717, 1.165) is 0 Å². The first-order valence-corrected chi connectivity index (χ1v) is 7.03. The van der Waals surface area contributed by atoms with Crippen molar-refractivity contribution >= 4 is 11.9 Å². The standard InChI is InChI=1S/C15H20N4O4/c1-8(2)13-16-15(19-18-13)17-14(20)9-6-10(21-3)12(23-5)11(7-9)22-4/h6-8H,1-5H3,(H2,16,17,18,19,20). The molecule has 2 aromatic rings. The maximum atomic E-state index is 12.4. The van der Waals surface area contributed by atoms with E-state index in [1.807, 2.05) is 13.8 Å². The number of H-pyrrole nitrogens is 1. The zero-order valence-corrected chi connectivity index (χ0v) is 13.8. The minimum Gasteiger partial charge on any atom is -0.493 e. The molecule has 0 aliphatic rings. The van der Waals surface area contributed by atoms with Gasteiger partial charge in [-0.1, -0.05) is 13.8 Å². The molecule has 1 aromatic carbocycles. The minimum atomic E-state index is -0.376. The Hall–Kier alpha value is -2.77. The van der Waals surface area contributed by atoms with Crippen LogP contribution in [0.4, 0.5) is 5.95 Å². The van der Waals surface area contributed by atoms with E-state index in [1.165, 1.54) is 21.3 Å². The lowest BCUT2D eigenvalue weighted by molar-refractivity contribution is 0.102. The van der Waals surface area contributed by atoms with Gasteiger partial charge in [-0.15, -0.1) is 5.10 Å². The molecule has 0 unspecified atom stereocenters. The third kappa shape index (κ3) is 3.53. The maximum absolute atomic E-state index is 12.4. The van der Waals surface area contributed by atoms with Crippen molar-refractivity contribution in [3.05, 3.63) is 23.5 Å². The van der Waals surface area contributed by atoms with Crippen LogP contribution in [0.2, 0.25) is 0 Å². The fourth-order valence-electron chi connectivity index (χ4n) is 1.97. The lowest BCUT2D eigenvalue weighted by atomic mass is 10.1. The molecule has 8 heteroatoms. The highest BCUT2D eigenvalue weighted by atomic mass is 16.5. The van der Waals surface area contributed by atoms with Crippen LogP contribution >= 0.6 is 0 Å². The Morgan fingerprint density at radius 2 is 1.74 bits per heavy atom. The highest BCUT2D eigenvalue weighted by Gasteiger charge is 2.18. The van der Waals surface area contributed by atoms with Gasteiger partial charge in [0.2, 0.25) is 11.7 Å². The molecule has 0 fully saturated rings. The van der Waals surface area contributed by atoms with Crippen molar-refractivity contribution in [1.82, 2.24) is 15.2 Å². The first kappa shape index (κ1) is 16.6. The molecule has 0 saturated carbocycles. The molecule has 1 heterocycles. The van der Waals surface area contributed by atoms with Crippen LogP contribution in [-0.2, 0) is 0 Å². The Balaban J connectivity index is 2.27. The first-order chi connectivity index (χ1) is 11.0. The second-order valence-electron chi connectivity index (χ2n) is 5.07. The number of nitrogens with zero attached hydrogens (tertiary/aromatic N) is 2. The Bertz CT molecular complexity index is 672. The average molecular weight is 320 g/mol. The Kier molecular flexibility index (Phi) is 5.05. The number of carbonyl (C=O) groups is 1. The average Bonchev–Trinajstić information content (AvgIpc) is 3.01. The highest BCUT2D eigenvalue weighted by molar-refractivity contribution is 6.04. The summed E-state index contributed by atoms with van der Waals surface area (Å²) in [7, 11) is 4.48. The molecule has 2 N–H and O–H groups in total. The number of aromatic nitrogens is 3. The minimum absolute atomic E-state index is 0.189. The fraction of sp³-hybridized carbons (Fsp3) is 0.400. The van der Waals surface area contributed by atoms with Gasteiger partial charge in [-0.2, -0.15) is 4.98 Å². The number of aromatic amines is 1. The zero-order chi connectivity index (χ0) is 17.0. The van der Waals surface area contributed by atoms with Crippen molar-refractivity contribution in [3.8, 4) is 17.2 Å². The molecule has 0 atom stereocenters. The predicted octanol–water partition coefficient (Wildman–Crippen LogP) is 2.21. The molecular weight excluding hydrogens is 300 g/mol. The molecule has 0 bridgehead atoms. The van der Waals surface area contributed by atoms with Gasteiger partial charge in [0.15, 0.2) is 11.5 Å². The number of anilines is 1. The van der Waals surface area contributed by atoms with E-state index >= 15 is 0 Å². The van der Waals surface area contributed by atoms with E-state index in [9.17, 15) is 4.79 Å². The molecule has 0 aliphatic carbocycles. The van der Waals surface area contributed by atoms with Gasteiger partial charge in [-0.05, 0) is 12.1 Å². The molecule has 0 saturated heterocycles. The number of carbonyl (C=O) groups excluding carboxylic acids is 1. The van der Waals surface area contributed by atoms with Crippen LogP contribution in [0, 0.1) is 0 Å². The van der Waals surface area contributed by atoms with E-state index in [-0.39, 0.29) is 17.8 Å². The number of ether oxygens (including phenoxy) is 3. The second-order valence-corrected chi connectivity index (χ2v) is 5.07. The zero-order valence-electron chi connectivity index (χ0n) is 13.8. The number of amides is 1. The molecule has 8 nitrogen and oxygen atoms in total. The van der Waals surface area contributed by atoms with Gasteiger partial charge < -0.3 is 14.2 Å². The predicted molar refractivity (Wildman–Crippen MR) is 84.5 cm³/mol. The van der Waals surface area contributed by atoms with Gasteiger partial charge in [-0.3, -0.25) is 15.2 Å². The summed E-state index contributed by atoms with van der Waals surface area (Å²) in [5.41, 5.74) is 0.343. The lowest BCUT2D eigenvalue weighted by Gasteiger charge is -2.13. The van der Waals surface area contributed by atoms with Crippen molar-refractivity contribution in [1.29, 1.82) is 0 Å². The van der Waals surface area contributed by atoms with Crippen LogP contribution in [0.5, 0.6) is 17.2 Å². The quantitative estimate of drug-likeness (QED) is 0.846. The van der Waals surface area contributed by atoms with Gasteiger partial charge in [0, 0.05) is 11.5 Å².